The van der Waals surface area contributed by atoms with Gasteiger partial charge in [-0.2, -0.15) is 5.10 Å². The Balaban J connectivity index is 1.47. The van der Waals surface area contributed by atoms with Crippen LogP contribution < -0.4 is 0 Å². The van der Waals surface area contributed by atoms with Crippen molar-refractivity contribution in [2.24, 2.45) is 0 Å². The second-order valence-corrected chi connectivity index (χ2v) is 10.0. The average Bonchev–Trinajstić information content (AvgIpc) is 3.47. The number of benzene rings is 1. The van der Waals surface area contributed by atoms with Gasteiger partial charge in [0.15, 0.2) is 6.61 Å². The highest BCUT2D eigenvalue weighted by molar-refractivity contribution is 7.20. The molecule has 0 N–H and O–H groups in total. The van der Waals surface area contributed by atoms with Crippen LogP contribution in [-0.4, -0.2) is 46.4 Å². The van der Waals surface area contributed by atoms with Gasteiger partial charge < -0.3 is 14.0 Å². The van der Waals surface area contributed by atoms with Crippen molar-refractivity contribution >= 4 is 33.3 Å². The van der Waals surface area contributed by atoms with E-state index in [1.165, 1.54) is 16.9 Å². The molecule has 4 aromatic rings. The van der Waals surface area contributed by atoms with Crippen molar-refractivity contribution in [2.45, 2.75) is 47.2 Å². The van der Waals surface area contributed by atoms with Crippen molar-refractivity contribution in [3.05, 3.63) is 75.0 Å². The number of hydrogen-bond acceptors (Lipinski definition) is 6. The van der Waals surface area contributed by atoms with Crippen LogP contribution in [0.3, 0.4) is 0 Å². The molecule has 0 spiro atoms. The maximum absolute atomic E-state index is 12.9. The van der Waals surface area contributed by atoms with Gasteiger partial charge in [0.05, 0.1) is 24.9 Å². The number of rotatable bonds is 9. The van der Waals surface area contributed by atoms with Gasteiger partial charge in [-0.3, -0.25) is 9.48 Å². The van der Waals surface area contributed by atoms with Crippen LogP contribution in [0.15, 0.2) is 36.4 Å². The minimum absolute atomic E-state index is 0.102. The third kappa shape index (κ3) is 5.09. The van der Waals surface area contributed by atoms with Gasteiger partial charge in [-0.25, -0.2) is 4.79 Å². The van der Waals surface area contributed by atoms with E-state index in [0.717, 1.165) is 32.9 Å². The Bertz CT molecular complexity index is 1380. The first-order valence-corrected chi connectivity index (χ1v) is 12.4. The number of thiophene rings is 1. The highest BCUT2D eigenvalue weighted by Crippen LogP contribution is 2.29. The molecule has 0 radical (unpaired) electrons. The summed E-state index contributed by atoms with van der Waals surface area (Å²) in [5.41, 5.74) is 5.59. The fourth-order valence-electron chi connectivity index (χ4n) is 4.52. The lowest BCUT2D eigenvalue weighted by Crippen LogP contribution is -2.16. The van der Waals surface area contributed by atoms with Gasteiger partial charge in [0.25, 0.3) is 0 Å². The van der Waals surface area contributed by atoms with E-state index in [1.807, 2.05) is 38.4 Å². The van der Waals surface area contributed by atoms with Gasteiger partial charge >= 0.3 is 5.97 Å². The van der Waals surface area contributed by atoms with Crippen molar-refractivity contribution < 1.29 is 19.1 Å². The minimum atomic E-state index is -0.498. The Kier molecular flexibility index (Phi) is 7.23. The monoisotopic (exact) mass is 493 g/mol. The molecule has 0 saturated carbocycles. The summed E-state index contributed by atoms with van der Waals surface area (Å²) in [6.07, 6.45) is 0. The van der Waals surface area contributed by atoms with Crippen molar-refractivity contribution in [2.75, 3.05) is 20.3 Å². The molecule has 1 atom stereocenters. The SMILES string of the molecule is COC[C@@H](C)n1c(C)cc(C(=O)COC(=O)c2cc3c(C)nn(Cc4ccc(C)cc4)c3s2)c1C. The van der Waals surface area contributed by atoms with Crippen LogP contribution >= 0.6 is 11.3 Å². The molecule has 0 fully saturated rings. The summed E-state index contributed by atoms with van der Waals surface area (Å²) in [4.78, 5) is 27.1. The maximum atomic E-state index is 12.9. The summed E-state index contributed by atoms with van der Waals surface area (Å²) in [6, 6.07) is 12.1. The van der Waals surface area contributed by atoms with E-state index in [4.69, 9.17) is 9.47 Å². The molecule has 0 aliphatic heterocycles. The van der Waals surface area contributed by atoms with E-state index in [1.54, 1.807) is 13.2 Å². The topological polar surface area (TPSA) is 75.3 Å². The van der Waals surface area contributed by atoms with Gasteiger partial charge in [-0.05, 0) is 52.3 Å². The van der Waals surface area contributed by atoms with E-state index in [9.17, 15) is 9.59 Å². The normalized spacial score (nSPS) is 12.3. The first-order chi connectivity index (χ1) is 16.7. The number of aryl methyl sites for hydroxylation is 3. The van der Waals surface area contributed by atoms with E-state index in [2.05, 4.69) is 40.9 Å². The second kappa shape index (κ2) is 10.2. The number of nitrogens with zero attached hydrogens (tertiary/aromatic N) is 3. The number of esters is 1. The Hall–Kier alpha value is -3.23. The fraction of sp³-hybridized carbons (Fsp3) is 0.370. The van der Waals surface area contributed by atoms with E-state index >= 15 is 0 Å². The highest BCUT2D eigenvalue weighted by Gasteiger charge is 2.22. The number of Topliss-reactive ketones (excluding diaryl/α,β-unsaturated/α-hetero) is 1. The molecule has 184 valence electrons. The molecule has 0 unspecified atom stereocenters. The number of aromatic nitrogens is 3. The molecule has 7 nitrogen and oxygen atoms in total. The molecule has 8 heteroatoms. The van der Waals surface area contributed by atoms with E-state index < -0.39 is 5.97 Å². The number of hydrogen-bond donors (Lipinski definition) is 0. The molecular formula is C27H31N3O4S. The first-order valence-electron chi connectivity index (χ1n) is 11.6. The summed E-state index contributed by atoms with van der Waals surface area (Å²) in [5, 5.41) is 5.57. The third-order valence-corrected chi connectivity index (χ3v) is 7.36. The summed E-state index contributed by atoms with van der Waals surface area (Å²) < 4.78 is 14.7. The standard InChI is InChI=1S/C27H31N3O4S/c1-16-7-9-21(10-8-16)13-29-26-22(19(4)28-29)12-25(35-26)27(32)34-15-24(31)23-11-17(2)30(20(23)5)18(3)14-33-6/h7-12,18H,13-15H2,1-6H3/t18-/m1/s1. The predicted molar refractivity (Wildman–Crippen MR) is 138 cm³/mol. The number of methoxy groups -OCH3 is 1. The Morgan fingerprint density at radius 1 is 1.09 bits per heavy atom. The largest absolute Gasteiger partial charge is 0.453 e. The van der Waals surface area contributed by atoms with Crippen molar-refractivity contribution in [3.8, 4) is 0 Å². The Labute approximate surface area is 209 Å². The van der Waals surface area contributed by atoms with Crippen LogP contribution in [0.2, 0.25) is 0 Å². The van der Waals surface area contributed by atoms with Gasteiger partial charge in [-0.15, -0.1) is 11.3 Å². The van der Waals surface area contributed by atoms with Crippen LogP contribution in [0, 0.1) is 27.7 Å². The number of ketones is 1. The third-order valence-electron chi connectivity index (χ3n) is 6.23. The summed E-state index contributed by atoms with van der Waals surface area (Å²) in [6.45, 7) is 10.8. The lowest BCUT2D eigenvalue weighted by molar-refractivity contribution is 0.0479. The summed E-state index contributed by atoms with van der Waals surface area (Å²) in [5.74, 6) is -0.715. The molecular weight excluding hydrogens is 462 g/mol. The zero-order chi connectivity index (χ0) is 25.3. The number of ether oxygens (including phenoxy) is 2. The van der Waals surface area contributed by atoms with Crippen LogP contribution in [0.5, 0.6) is 0 Å². The van der Waals surface area contributed by atoms with Gasteiger partial charge in [0, 0.05) is 29.4 Å². The smallest absolute Gasteiger partial charge is 0.348 e. The Morgan fingerprint density at radius 2 is 1.80 bits per heavy atom. The number of carbonyl (C=O) groups is 2. The quantitative estimate of drug-likeness (QED) is 0.230. The lowest BCUT2D eigenvalue weighted by Gasteiger charge is -2.17. The first kappa shape index (κ1) is 24.9. The second-order valence-electron chi connectivity index (χ2n) is 9.02. The lowest BCUT2D eigenvalue weighted by atomic mass is 10.1. The summed E-state index contributed by atoms with van der Waals surface area (Å²) in [7, 11) is 1.66. The van der Waals surface area contributed by atoms with Crippen LogP contribution in [0.4, 0.5) is 0 Å². The van der Waals surface area contributed by atoms with Crippen LogP contribution in [0.1, 0.15) is 61.2 Å². The number of fused-ring (bicyclic) bond motifs is 1. The predicted octanol–water partition coefficient (Wildman–Crippen LogP) is 5.43. The van der Waals surface area contributed by atoms with Crippen molar-refractivity contribution in [3.63, 3.8) is 0 Å². The molecule has 0 amide bonds. The minimum Gasteiger partial charge on any atom is -0.453 e. The van der Waals surface area contributed by atoms with Gasteiger partial charge in [0.1, 0.15) is 9.71 Å². The van der Waals surface area contributed by atoms with E-state index in [-0.39, 0.29) is 18.4 Å². The van der Waals surface area contributed by atoms with Crippen molar-refractivity contribution in [1.29, 1.82) is 0 Å². The maximum Gasteiger partial charge on any atom is 0.348 e. The van der Waals surface area contributed by atoms with Crippen LogP contribution in [0.25, 0.3) is 10.2 Å². The zero-order valence-corrected chi connectivity index (χ0v) is 21.9. The molecule has 3 heterocycles. The van der Waals surface area contributed by atoms with Crippen molar-refractivity contribution in [1.82, 2.24) is 14.3 Å². The molecule has 1 aromatic carbocycles. The number of carbonyl (C=O) groups excluding carboxylic acids is 2. The Morgan fingerprint density at radius 3 is 2.49 bits per heavy atom. The zero-order valence-electron chi connectivity index (χ0n) is 21.0. The molecule has 4 rings (SSSR count). The summed E-state index contributed by atoms with van der Waals surface area (Å²) >= 11 is 1.34. The van der Waals surface area contributed by atoms with Gasteiger partial charge in [0.2, 0.25) is 5.78 Å². The highest BCUT2D eigenvalue weighted by atomic mass is 32.1. The van der Waals surface area contributed by atoms with E-state index in [0.29, 0.717) is 23.6 Å². The molecule has 0 saturated heterocycles. The molecule has 0 bridgehead atoms. The fourth-order valence-corrected chi connectivity index (χ4v) is 5.57. The molecule has 35 heavy (non-hydrogen) atoms. The molecule has 0 aliphatic rings. The molecule has 3 aromatic heterocycles. The van der Waals surface area contributed by atoms with Crippen LogP contribution in [-0.2, 0) is 16.0 Å². The van der Waals surface area contributed by atoms with Gasteiger partial charge in [-0.1, -0.05) is 29.8 Å². The molecule has 0 aliphatic carbocycles. The average molecular weight is 494 g/mol.